The molecule has 0 spiro atoms. The number of amides is 1. The molecule has 0 aromatic heterocycles. The standard InChI is InChI=1S/C83H143NO18/c1-3-5-7-9-11-13-15-17-19-21-23-25-27-29-30-31-32-33-34-35-36-37-39-41-43-45-47-49-51-53-55-57-59-61-71(89)84-66(67(88)60-58-56-54-52-50-48-46-44-42-40-38-28-26-24-22-20-18-16-14-12-10-8-6-4-2)65-97-81-77(95)74(92)79(69(63-86)99-81)102-83-78(96)75(93)80(70(64-87)100-83)101-82-76(94)73(91)72(90)68(62-85)98-82/h5,7,11,13,17,19,23,25,29-30,32-33,35-36,39,41,58,60,66-70,72-83,85-88,90-96H,3-4,6,8-10,12,14-16,18,20-22,24,26-28,31,34,37-38,40,42-57,59,61-65H2,1-2H3,(H,84,89)/b7-5-,13-11-,19-17-,25-23-,30-29-,33-32-,36-35-,41-39-,60-58+. The lowest BCUT2D eigenvalue weighted by atomic mass is 9.96. The molecule has 12 N–H and O–H groups in total. The minimum Gasteiger partial charge on any atom is -0.394 e. The number of rotatable bonds is 62. The van der Waals surface area contributed by atoms with Crippen LogP contribution in [-0.4, -0.2) is 193 Å². The molecule has 102 heavy (non-hydrogen) atoms. The highest BCUT2D eigenvalue weighted by Gasteiger charge is 2.54. The Morgan fingerprint density at radius 1 is 0.363 bits per heavy atom. The smallest absolute Gasteiger partial charge is 0.220 e. The number of ether oxygens (including phenoxy) is 6. The molecule has 3 aliphatic rings. The molecule has 17 atom stereocenters. The number of unbranched alkanes of at least 4 members (excludes halogenated alkanes) is 30. The number of carbonyl (C=O) groups excluding carboxylic acids is 1. The molecule has 0 aliphatic carbocycles. The van der Waals surface area contributed by atoms with Crippen molar-refractivity contribution in [2.45, 2.75) is 381 Å². The number of carbonyl (C=O) groups is 1. The summed E-state index contributed by atoms with van der Waals surface area (Å²) in [6.07, 6.45) is 59.1. The number of nitrogens with one attached hydrogen (secondary N) is 1. The molecule has 0 saturated carbocycles. The van der Waals surface area contributed by atoms with Crippen LogP contribution in [-0.2, 0) is 33.2 Å². The van der Waals surface area contributed by atoms with Crippen LogP contribution in [0.5, 0.6) is 0 Å². The molecule has 19 heteroatoms. The highest BCUT2D eigenvalue weighted by molar-refractivity contribution is 5.76. The Kier molecular flexibility index (Phi) is 56.8. The lowest BCUT2D eigenvalue weighted by molar-refractivity contribution is -0.379. The van der Waals surface area contributed by atoms with Crippen molar-refractivity contribution in [3.05, 3.63) is 109 Å². The summed E-state index contributed by atoms with van der Waals surface area (Å²) in [7, 11) is 0. The lowest BCUT2D eigenvalue weighted by Gasteiger charge is -2.48. The molecule has 588 valence electrons. The van der Waals surface area contributed by atoms with E-state index in [0.717, 1.165) is 116 Å². The molecule has 0 bridgehead atoms. The van der Waals surface area contributed by atoms with Crippen molar-refractivity contribution in [1.29, 1.82) is 0 Å². The van der Waals surface area contributed by atoms with Crippen LogP contribution in [0.15, 0.2) is 109 Å². The molecule has 17 unspecified atom stereocenters. The number of hydrogen-bond acceptors (Lipinski definition) is 18. The van der Waals surface area contributed by atoms with Crippen LogP contribution >= 0.6 is 0 Å². The Morgan fingerprint density at radius 2 is 0.676 bits per heavy atom. The second-order valence-electron chi connectivity index (χ2n) is 28.1. The summed E-state index contributed by atoms with van der Waals surface area (Å²) >= 11 is 0. The van der Waals surface area contributed by atoms with Gasteiger partial charge in [-0.1, -0.05) is 297 Å². The van der Waals surface area contributed by atoms with E-state index < -0.39 is 124 Å². The molecule has 0 radical (unpaired) electrons. The van der Waals surface area contributed by atoms with Crippen molar-refractivity contribution in [3.8, 4) is 0 Å². The van der Waals surface area contributed by atoms with Crippen molar-refractivity contribution in [2.75, 3.05) is 26.4 Å². The van der Waals surface area contributed by atoms with E-state index in [1.54, 1.807) is 6.08 Å². The Balaban J connectivity index is 1.39. The third kappa shape index (κ3) is 42.1. The molecule has 0 aromatic carbocycles. The predicted octanol–water partition coefficient (Wildman–Crippen LogP) is 13.3. The summed E-state index contributed by atoms with van der Waals surface area (Å²) in [5.41, 5.74) is 0. The Morgan fingerprint density at radius 3 is 1.06 bits per heavy atom. The van der Waals surface area contributed by atoms with Gasteiger partial charge in [-0.05, 0) is 83.5 Å². The summed E-state index contributed by atoms with van der Waals surface area (Å²) in [6.45, 7) is 1.63. The zero-order chi connectivity index (χ0) is 73.9. The largest absolute Gasteiger partial charge is 0.394 e. The monoisotopic (exact) mass is 1440 g/mol. The van der Waals surface area contributed by atoms with Crippen molar-refractivity contribution in [1.82, 2.24) is 5.32 Å². The Labute approximate surface area is 615 Å². The zero-order valence-electron chi connectivity index (χ0n) is 62.8. The molecule has 3 fully saturated rings. The van der Waals surface area contributed by atoms with E-state index in [9.17, 15) is 61.0 Å². The minimum absolute atomic E-state index is 0.227. The van der Waals surface area contributed by atoms with Crippen LogP contribution < -0.4 is 5.32 Å². The maximum Gasteiger partial charge on any atom is 0.220 e. The van der Waals surface area contributed by atoms with Crippen molar-refractivity contribution in [2.24, 2.45) is 0 Å². The minimum atomic E-state index is -1.98. The average molecular weight is 1440 g/mol. The van der Waals surface area contributed by atoms with Gasteiger partial charge in [0.25, 0.3) is 0 Å². The maximum absolute atomic E-state index is 13.5. The first-order chi connectivity index (χ1) is 49.8. The summed E-state index contributed by atoms with van der Waals surface area (Å²) in [5.74, 6) is -0.286. The van der Waals surface area contributed by atoms with Gasteiger partial charge in [0.1, 0.15) is 73.2 Å². The van der Waals surface area contributed by atoms with Gasteiger partial charge in [0.15, 0.2) is 18.9 Å². The summed E-state index contributed by atoms with van der Waals surface area (Å²) in [6, 6.07) is -0.987. The van der Waals surface area contributed by atoms with Crippen LogP contribution in [0.1, 0.15) is 277 Å². The van der Waals surface area contributed by atoms with Crippen molar-refractivity contribution < 1.29 is 89.4 Å². The molecule has 1 amide bonds. The topological polar surface area (TPSA) is 307 Å². The van der Waals surface area contributed by atoms with Gasteiger partial charge in [-0.15, -0.1) is 0 Å². The van der Waals surface area contributed by atoms with Gasteiger partial charge >= 0.3 is 0 Å². The Bertz CT molecular complexity index is 2270. The third-order valence-corrected chi connectivity index (χ3v) is 19.3. The van der Waals surface area contributed by atoms with Gasteiger partial charge in [-0.3, -0.25) is 4.79 Å². The van der Waals surface area contributed by atoms with Gasteiger partial charge in [0.05, 0.1) is 38.6 Å². The number of aliphatic hydroxyl groups excluding tert-OH is 11. The van der Waals surface area contributed by atoms with Crippen LogP contribution in [0.3, 0.4) is 0 Å². The highest BCUT2D eigenvalue weighted by Crippen LogP contribution is 2.33. The van der Waals surface area contributed by atoms with E-state index in [4.69, 9.17) is 28.4 Å². The van der Waals surface area contributed by atoms with E-state index >= 15 is 0 Å². The first-order valence-electron chi connectivity index (χ1n) is 40.1. The third-order valence-electron chi connectivity index (χ3n) is 19.3. The van der Waals surface area contributed by atoms with Crippen LogP contribution in [0.25, 0.3) is 0 Å². The molecular weight excluding hydrogens is 1300 g/mol. The number of hydrogen-bond donors (Lipinski definition) is 12. The quantitative estimate of drug-likeness (QED) is 0.0199. The second kappa shape index (κ2) is 62.5. The molecule has 3 aliphatic heterocycles. The zero-order valence-corrected chi connectivity index (χ0v) is 62.8. The first kappa shape index (κ1) is 92.7. The summed E-state index contributed by atoms with van der Waals surface area (Å²) in [4.78, 5) is 13.5. The van der Waals surface area contributed by atoms with Gasteiger partial charge in [0.2, 0.25) is 5.91 Å². The number of aliphatic hydroxyl groups is 11. The van der Waals surface area contributed by atoms with Crippen molar-refractivity contribution in [3.63, 3.8) is 0 Å². The second-order valence-corrected chi connectivity index (χ2v) is 28.1. The Hall–Kier alpha value is -3.55. The normalized spacial score (nSPS) is 26.8. The van der Waals surface area contributed by atoms with Crippen LogP contribution in [0.4, 0.5) is 0 Å². The fourth-order valence-electron chi connectivity index (χ4n) is 12.9. The fraction of sp³-hybridized carbons (Fsp3) is 0.771. The van der Waals surface area contributed by atoms with E-state index in [2.05, 4.69) is 116 Å². The number of allylic oxidation sites excluding steroid dienone is 17. The lowest BCUT2D eigenvalue weighted by Crippen LogP contribution is -2.66. The van der Waals surface area contributed by atoms with E-state index in [-0.39, 0.29) is 18.9 Å². The van der Waals surface area contributed by atoms with Gasteiger partial charge in [-0.25, -0.2) is 0 Å². The van der Waals surface area contributed by atoms with Crippen LogP contribution in [0.2, 0.25) is 0 Å². The van der Waals surface area contributed by atoms with Gasteiger partial charge in [0, 0.05) is 6.42 Å². The van der Waals surface area contributed by atoms with Gasteiger partial charge in [-0.2, -0.15) is 0 Å². The molecule has 3 heterocycles. The molecule has 19 nitrogen and oxygen atoms in total. The SMILES string of the molecule is CC/C=C\C/C=C\C/C=C\C/C=C\C/C=C\C/C=C\C/C=C\C/C=C\CCCCCCCCCCC(=O)NC(COC1OC(CO)C(OC2OC(CO)C(OC3OC(CO)C(O)C(O)C3O)C(O)C2O)C(O)C1O)C(O)/C=C/CCCCCCCCCCCCCCCCCCCCCCCC. The maximum atomic E-state index is 13.5. The molecule has 3 rings (SSSR count). The van der Waals surface area contributed by atoms with Crippen LogP contribution in [0, 0.1) is 0 Å². The fourth-order valence-corrected chi connectivity index (χ4v) is 12.9. The molecular formula is C83H143NO18. The highest BCUT2D eigenvalue weighted by atomic mass is 16.8. The first-order valence-corrected chi connectivity index (χ1v) is 40.1. The average Bonchev–Trinajstić information content (AvgIpc) is 0.781. The van der Waals surface area contributed by atoms with E-state index in [0.29, 0.717) is 6.42 Å². The molecule has 0 aromatic rings. The van der Waals surface area contributed by atoms with E-state index in [1.165, 1.54) is 135 Å². The predicted molar refractivity (Wildman–Crippen MR) is 406 cm³/mol. The molecule has 3 saturated heterocycles. The summed E-state index contributed by atoms with van der Waals surface area (Å²) in [5, 5.41) is 121. The summed E-state index contributed by atoms with van der Waals surface area (Å²) < 4.78 is 34.4. The van der Waals surface area contributed by atoms with Gasteiger partial charge < -0.3 is 89.9 Å². The van der Waals surface area contributed by atoms with Crippen molar-refractivity contribution >= 4 is 5.91 Å². The van der Waals surface area contributed by atoms with E-state index in [1.807, 2.05) is 6.08 Å².